The zero-order valence-corrected chi connectivity index (χ0v) is 19.1. The first-order chi connectivity index (χ1) is 15.5. The van der Waals surface area contributed by atoms with Crippen molar-refractivity contribution in [2.45, 2.75) is 46.2 Å². The number of imidazole rings is 1. The zero-order valence-electron chi connectivity index (χ0n) is 19.1. The number of aromatic nitrogens is 2. The molecule has 0 saturated carbocycles. The van der Waals surface area contributed by atoms with Crippen LogP contribution in [0.15, 0.2) is 54.7 Å². The van der Waals surface area contributed by atoms with Gasteiger partial charge in [-0.1, -0.05) is 54.1 Å². The number of hydrogen-bond acceptors (Lipinski definition) is 3. The van der Waals surface area contributed by atoms with Crippen molar-refractivity contribution in [3.05, 3.63) is 94.4 Å². The second kappa shape index (κ2) is 9.68. The van der Waals surface area contributed by atoms with Crippen LogP contribution >= 0.6 is 0 Å². The molecular formula is C27H32N4O. The molecule has 0 amide bonds. The Morgan fingerprint density at radius 2 is 1.78 bits per heavy atom. The van der Waals surface area contributed by atoms with Crippen molar-refractivity contribution in [3.8, 4) is 0 Å². The molecule has 1 N–H and O–H groups in total. The van der Waals surface area contributed by atoms with Crippen LogP contribution in [0.4, 0.5) is 5.69 Å². The molecule has 1 aliphatic heterocycles. The van der Waals surface area contributed by atoms with Crippen LogP contribution < -0.4 is 0 Å². The van der Waals surface area contributed by atoms with E-state index in [9.17, 15) is 5.11 Å². The summed E-state index contributed by atoms with van der Waals surface area (Å²) in [6.45, 7) is 15.1. The van der Waals surface area contributed by atoms with Crippen LogP contribution in [0.2, 0.25) is 0 Å². The third-order valence-electron chi connectivity index (χ3n) is 6.84. The largest absolute Gasteiger partial charge is 0.396 e. The van der Waals surface area contributed by atoms with Crippen LogP contribution in [0.1, 0.15) is 41.1 Å². The number of aliphatic hydroxyl groups is 1. The van der Waals surface area contributed by atoms with Gasteiger partial charge in [0.05, 0.1) is 12.3 Å². The minimum atomic E-state index is -0.0227. The molecule has 0 spiro atoms. The van der Waals surface area contributed by atoms with E-state index in [-0.39, 0.29) is 12.0 Å². The van der Waals surface area contributed by atoms with Gasteiger partial charge in [-0.05, 0) is 62.7 Å². The standard InChI is InChI=1S/C27H32N4O/c1-21-5-4-6-24(15-21)16-27(20-32)11-13-30(14-12-27)19-26-17-29-22(2)31(26)18-23-7-9-25(28-3)10-8-23/h4-10,15,17,32H,11-14,16,18-20H2,1-2H3. The molecule has 1 fully saturated rings. The van der Waals surface area contributed by atoms with E-state index in [1.165, 1.54) is 22.4 Å². The van der Waals surface area contributed by atoms with Crippen molar-refractivity contribution in [2.75, 3.05) is 19.7 Å². The Bertz CT molecular complexity index is 1090. The first-order valence-corrected chi connectivity index (χ1v) is 11.4. The molecule has 5 nitrogen and oxygen atoms in total. The van der Waals surface area contributed by atoms with Gasteiger partial charge in [-0.15, -0.1) is 0 Å². The summed E-state index contributed by atoms with van der Waals surface area (Å²) in [5, 5.41) is 10.2. The summed E-state index contributed by atoms with van der Waals surface area (Å²) in [4.78, 5) is 10.5. The molecule has 5 heteroatoms. The molecule has 4 rings (SSSR count). The highest BCUT2D eigenvalue weighted by atomic mass is 16.3. The van der Waals surface area contributed by atoms with E-state index in [0.29, 0.717) is 5.69 Å². The van der Waals surface area contributed by atoms with Crippen LogP contribution in [0.25, 0.3) is 4.85 Å². The highest BCUT2D eigenvalue weighted by Gasteiger charge is 2.34. The normalized spacial score (nSPS) is 16.1. The third-order valence-corrected chi connectivity index (χ3v) is 6.84. The Kier molecular flexibility index (Phi) is 6.74. The maximum Gasteiger partial charge on any atom is 0.187 e. The summed E-state index contributed by atoms with van der Waals surface area (Å²) >= 11 is 0. The Morgan fingerprint density at radius 3 is 2.44 bits per heavy atom. The minimum absolute atomic E-state index is 0.0227. The fourth-order valence-electron chi connectivity index (χ4n) is 4.78. The van der Waals surface area contributed by atoms with E-state index in [2.05, 4.69) is 50.5 Å². The van der Waals surface area contributed by atoms with Gasteiger partial charge in [0.15, 0.2) is 5.69 Å². The number of likely N-dealkylation sites (tertiary alicyclic amines) is 1. The van der Waals surface area contributed by atoms with E-state index in [4.69, 9.17) is 6.57 Å². The Morgan fingerprint density at radius 1 is 1.03 bits per heavy atom. The van der Waals surface area contributed by atoms with Gasteiger partial charge in [0.25, 0.3) is 0 Å². The lowest BCUT2D eigenvalue weighted by molar-refractivity contribution is 0.0406. The SMILES string of the molecule is [C-]#[N+]c1ccc(Cn2c(CN3CCC(CO)(Cc4cccc(C)c4)CC3)cnc2C)cc1. The summed E-state index contributed by atoms with van der Waals surface area (Å²) < 4.78 is 2.27. The monoisotopic (exact) mass is 428 g/mol. The van der Waals surface area contributed by atoms with E-state index < -0.39 is 0 Å². The van der Waals surface area contributed by atoms with Gasteiger partial charge < -0.3 is 9.67 Å². The van der Waals surface area contributed by atoms with Crippen molar-refractivity contribution in [1.82, 2.24) is 14.5 Å². The van der Waals surface area contributed by atoms with Crippen molar-refractivity contribution in [1.29, 1.82) is 0 Å². The Balaban J connectivity index is 1.40. The molecule has 32 heavy (non-hydrogen) atoms. The molecule has 1 aliphatic rings. The van der Waals surface area contributed by atoms with E-state index in [1.807, 2.05) is 37.4 Å². The van der Waals surface area contributed by atoms with Crippen LogP contribution in [-0.2, 0) is 19.5 Å². The van der Waals surface area contributed by atoms with Crippen molar-refractivity contribution in [3.63, 3.8) is 0 Å². The average molecular weight is 429 g/mol. The van der Waals surface area contributed by atoms with Crippen LogP contribution in [0.5, 0.6) is 0 Å². The number of nitrogens with zero attached hydrogens (tertiary/aromatic N) is 4. The van der Waals surface area contributed by atoms with Crippen LogP contribution in [0, 0.1) is 25.8 Å². The predicted octanol–water partition coefficient (Wildman–Crippen LogP) is 4.92. The second-order valence-corrected chi connectivity index (χ2v) is 9.26. The molecule has 1 saturated heterocycles. The maximum atomic E-state index is 10.2. The lowest BCUT2D eigenvalue weighted by Gasteiger charge is -2.41. The Hall–Kier alpha value is -2.94. The molecule has 0 radical (unpaired) electrons. The molecular weight excluding hydrogens is 396 g/mol. The predicted molar refractivity (Wildman–Crippen MR) is 128 cm³/mol. The summed E-state index contributed by atoms with van der Waals surface area (Å²) in [5.41, 5.74) is 5.64. The number of aliphatic hydroxyl groups excluding tert-OH is 1. The fraction of sp³-hybridized carbons (Fsp3) is 0.407. The molecule has 0 unspecified atom stereocenters. The van der Waals surface area contributed by atoms with Crippen molar-refractivity contribution < 1.29 is 5.11 Å². The van der Waals surface area contributed by atoms with Gasteiger partial charge in [0.2, 0.25) is 0 Å². The summed E-state index contributed by atoms with van der Waals surface area (Å²) in [5.74, 6) is 1.01. The summed E-state index contributed by atoms with van der Waals surface area (Å²) in [7, 11) is 0. The highest BCUT2D eigenvalue weighted by Crippen LogP contribution is 2.35. The number of piperidine rings is 1. The molecule has 2 aromatic carbocycles. The average Bonchev–Trinajstić information content (AvgIpc) is 3.14. The van der Waals surface area contributed by atoms with Crippen LogP contribution in [-0.4, -0.2) is 39.3 Å². The van der Waals surface area contributed by atoms with Gasteiger partial charge in [-0.25, -0.2) is 9.83 Å². The number of benzene rings is 2. The quantitative estimate of drug-likeness (QED) is 0.544. The van der Waals surface area contributed by atoms with Crippen molar-refractivity contribution >= 4 is 5.69 Å². The summed E-state index contributed by atoms with van der Waals surface area (Å²) in [6.07, 6.45) is 4.94. The maximum absolute atomic E-state index is 10.2. The smallest absolute Gasteiger partial charge is 0.187 e. The number of rotatable bonds is 7. The molecule has 2 heterocycles. The summed E-state index contributed by atoms with van der Waals surface area (Å²) in [6, 6.07) is 16.5. The molecule has 3 aromatic rings. The minimum Gasteiger partial charge on any atom is -0.396 e. The molecule has 0 bridgehead atoms. The lowest BCUT2D eigenvalue weighted by atomic mass is 9.74. The third kappa shape index (κ3) is 5.09. The number of aryl methyl sites for hydroxylation is 2. The second-order valence-electron chi connectivity index (χ2n) is 9.26. The van der Waals surface area contributed by atoms with Gasteiger partial charge in [-0.2, -0.15) is 0 Å². The molecule has 1 aromatic heterocycles. The number of hydrogen-bond donors (Lipinski definition) is 1. The van der Waals surface area contributed by atoms with Gasteiger partial charge in [0.1, 0.15) is 5.82 Å². The van der Waals surface area contributed by atoms with Crippen molar-refractivity contribution in [2.24, 2.45) is 5.41 Å². The van der Waals surface area contributed by atoms with Crippen LogP contribution in [0.3, 0.4) is 0 Å². The Labute approximate surface area is 191 Å². The van der Waals surface area contributed by atoms with E-state index >= 15 is 0 Å². The zero-order chi connectivity index (χ0) is 22.6. The van der Waals surface area contributed by atoms with E-state index in [0.717, 1.165) is 51.3 Å². The molecule has 166 valence electrons. The first-order valence-electron chi connectivity index (χ1n) is 11.4. The van der Waals surface area contributed by atoms with Gasteiger partial charge >= 0.3 is 0 Å². The molecule has 0 aliphatic carbocycles. The highest BCUT2D eigenvalue weighted by molar-refractivity contribution is 5.45. The van der Waals surface area contributed by atoms with Gasteiger partial charge in [-0.3, -0.25) is 4.90 Å². The fourth-order valence-corrected chi connectivity index (χ4v) is 4.78. The van der Waals surface area contributed by atoms with E-state index in [1.54, 1.807) is 0 Å². The van der Waals surface area contributed by atoms with Gasteiger partial charge in [0, 0.05) is 25.9 Å². The topological polar surface area (TPSA) is 45.6 Å². The molecule has 0 atom stereocenters. The lowest BCUT2D eigenvalue weighted by Crippen LogP contribution is -2.43. The first kappa shape index (κ1) is 22.3.